The second-order valence-electron chi connectivity index (χ2n) is 5.53. The normalized spacial score (nSPS) is 11.9. The third kappa shape index (κ3) is 2.56. The summed E-state index contributed by atoms with van der Waals surface area (Å²) < 4.78 is 29.5. The average Bonchev–Trinajstić information content (AvgIpc) is 2.53. The molecule has 0 unspecified atom stereocenters. The first kappa shape index (κ1) is 16.2. The number of hydrogen-bond donors (Lipinski definition) is 1. The van der Waals surface area contributed by atoms with Crippen molar-refractivity contribution >= 4 is 37.7 Å². The molecule has 0 aliphatic rings. The number of sulfone groups is 1. The first-order valence-corrected chi connectivity index (χ1v) is 9.08. The predicted molar refractivity (Wildman–Crippen MR) is 89.4 cm³/mol. The number of carboxylic acid groups (broad SMARTS) is 1. The fraction of sp³-hybridized carbons (Fsp3) is 0.176. The lowest BCUT2D eigenvalue weighted by Gasteiger charge is -2.08. The van der Waals surface area contributed by atoms with Gasteiger partial charge in [-0.3, -0.25) is 4.79 Å². The van der Waals surface area contributed by atoms with E-state index in [0.29, 0.717) is 17.6 Å². The molecule has 0 atom stereocenters. The number of carboxylic acids is 1. The van der Waals surface area contributed by atoms with E-state index in [1.807, 2.05) is 6.92 Å². The molecule has 0 aliphatic carbocycles. The van der Waals surface area contributed by atoms with Crippen LogP contribution in [0.25, 0.3) is 21.9 Å². The largest absolute Gasteiger partial charge is 0.478 e. The van der Waals surface area contributed by atoms with Crippen LogP contribution in [0.4, 0.5) is 0 Å². The molecule has 1 heterocycles. The Morgan fingerprint density at radius 3 is 2.46 bits per heavy atom. The van der Waals surface area contributed by atoms with Crippen LogP contribution in [-0.4, -0.2) is 25.7 Å². The van der Waals surface area contributed by atoms with Crippen LogP contribution in [0.5, 0.6) is 0 Å². The maximum Gasteiger partial charge on any atom is 0.335 e. The summed E-state index contributed by atoms with van der Waals surface area (Å²) in [6, 6.07) is 6.81. The van der Waals surface area contributed by atoms with Gasteiger partial charge >= 0.3 is 5.97 Å². The molecule has 0 bridgehead atoms. The maximum atomic E-state index is 12.8. The number of carbonyl (C=O) groups is 1. The maximum absolute atomic E-state index is 12.8. The Labute approximate surface area is 137 Å². The van der Waals surface area contributed by atoms with Crippen molar-refractivity contribution in [2.24, 2.45) is 0 Å². The number of rotatable bonds is 3. The van der Waals surface area contributed by atoms with Crippen molar-refractivity contribution in [2.75, 3.05) is 6.26 Å². The fourth-order valence-corrected chi connectivity index (χ4v) is 3.30. The Morgan fingerprint density at radius 1 is 1.17 bits per heavy atom. The molecule has 0 saturated carbocycles. The molecule has 124 valence electrons. The summed E-state index contributed by atoms with van der Waals surface area (Å²) in [5.74, 6) is -1.16. The van der Waals surface area contributed by atoms with Gasteiger partial charge in [-0.05, 0) is 42.3 Å². The van der Waals surface area contributed by atoms with E-state index in [9.17, 15) is 18.0 Å². The quantitative estimate of drug-likeness (QED) is 0.732. The summed E-state index contributed by atoms with van der Waals surface area (Å²) in [5.41, 5.74) is 0.706. The van der Waals surface area contributed by atoms with Crippen LogP contribution in [0.3, 0.4) is 0 Å². The smallest absolute Gasteiger partial charge is 0.335 e. The summed E-state index contributed by atoms with van der Waals surface area (Å²) in [4.78, 5) is 23.9. The van der Waals surface area contributed by atoms with Crippen molar-refractivity contribution in [3.63, 3.8) is 0 Å². The molecule has 0 amide bonds. The second kappa shape index (κ2) is 5.45. The molecule has 0 fully saturated rings. The van der Waals surface area contributed by atoms with Crippen LogP contribution in [-0.2, 0) is 16.3 Å². The van der Waals surface area contributed by atoms with Gasteiger partial charge in [-0.1, -0.05) is 6.92 Å². The van der Waals surface area contributed by atoms with Crippen molar-refractivity contribution in [1.82, 2.24) is 0 Å². The lowest BCUT2D eigenvalue weighted by atomic mass is 10.1. The Morgan fingerprint density at radius 2 is 1.88 bits per heavy atom. The first-order valence-electron chi connectivity index (χ1n) is 7.19. The van der Waals surface area contributed by atoms with Gasteiger partial charge in [0.25, 0.3) is 0 Å². The zero-order chi connectivity index (χ0) is 17.6. The highest BCUT2D eigenvalue weighted by atomic mass is 32.2. The van der Waals surface area contributed by atoms with Crippen LogP contribution >= 0.6 is 0 Å². The molecule has 2 aromatic carbocycles. The van der Waals surface area contributed by atoms with Crippen molar-refractivity contribution in [2.45, 2.75) is 18.2 Å². The standard InChI is InChI=1S/C17H14O6S/c1-3-9-6-11(24(2,21)22)8-13-15(18)12-7-10(17(19)20)4-5-14(12)23-16(9)13/h4-8H,3H2,1-2H3,(H,19,20). The van der Waals surface area contributed by atoms with E-state index in [0.717, 1.165) is 6.26 Å². The third-order valence-electron chi connectivity index (χ3n) is 3.88. The minimum atomic E-state index is -3.49. The van der Waals surface area contributed by atoms with E-state index in [4.69, 9.17) is 9.52 Å². The molecule has 0 aliphatic heterocycles. The molecule has 0 radical (unpaired) electrons. The number of hydrogen-bond acceptors (Lipinski definition) is 5. The van der Waals surface area contributed by atoms with Crippen LogP contribution in [0, 0.1) is 0 Å². The number of aryl methyl sites for hydroxylation is 1. The Balaban J connectivity index is 2.51. The van der Waals surface area contributed by atoms with Gasteiger partial charge in [0.05, 0.1) is 21.2 Å². The predicted octanol–water partition coefficient (Wildman–Crippen LogP) is 2.61. The summed E-state index contributed by atoms with van der Waals surface area (Å²) in [6.07, 6.45) is 1.56. The van der Waals surface area contributed by atoms with Gasteiger partial charge in [0.1, 0.15) is 11.2 Å². The minimum Gasteiger partial charge on any atom is -0.478 e. The van der Waals surface area contributed by atoms with Crippen LogP contribution in [0.1, 0.15) is 22.8 Å². The van der Waals surface area contributed by atoms with Gasteiger partial charge in [-0.15, -0.1) is 0 Å². The Hall–Kier alpha value is -2.67. The molecule has 1 N–H and O–H groups in total. The second-order valence-corrected chi connectivity index (χ2v) is 7.55. The van der Waals surface area contributed by atoms with Gasteiger partial charge in [0.15, 0.2) is 9.84 Å². The molecule has 24 heavy (non-hydrogen) atoms. The Kier molecular flexibility index (Phi) is 3.68. The molecule has 1 aromatic heterocycles. The molecule has 3 rings (SSSR count). The number of benzene rings is 2. The summed E-state index contributed by atoms with van der Waals surface area (Å²) in [6.45, 7) is 1.83. The Bertz CT molecular complexity index is 1160. The van der Waals surface area contributed by atoms with Gasteiger partial charge in [-0.25, -0.2) is 13.2 Å². The summed E-state index contributed by atoms with van der Waals surface area (Å²) in [7, 11) is -3.49. The number of fused-ring (bicyclic) bond motifs is 2. The zero-order valence-electron chi connectivity index (χ0n) is 13.0. The molecule has 0 spiro atoms. The fourth-order valence-electron chi connectivity index (χ4n) is 2.61. The van der Waals surface area contributed by atoms with Crippen molar-refractivity contribution < 1.29 is 22.7 Å². The summed E-state index contributed by atoms with van der Waals surface area (Å²) >= 11 is 0. The van der Waals surface area contributed by atoms with Crippen LogP contribution < -0.4 is 5.43 Å². The van der Waals surface area contributed by atoms with E-state index in [1.54, 1.807) is 0 Å². The third-order valence-corrected chi connectivity index (χ3v) is 4.97. The lowest BCUT2D eigenvalue weighted by molar-refractivity contribution is 0.0697. The SMILES string of the molecule is CCc1cc(S(C)(=O)=O)cc2c(=O)c3cc(C(=O)O)ccc3oc12. The zero-order valence-corrected chi connectivity index (χ0v) is 13.8. The van der Waals surface area contributed by atoms with Crippen molar-refractivity contribution in [3.8, 4) is 0 Å². The van der Waals surface area contributed by atoms with E-state index in [2.05, 4.69) is 0 Å². The molecule has 7 heteroatoms. The highest BCUT2D eigenvalue weighted by Gasteiger charge is 2.17. The van der Waals surface area contributed by atoms with Crippen molar-refractivity contribution in [3.05, 3.63) is 51.7 Å². The van der Waals surface area contributed by atoms with Gasteiger partial charge in [0.2, 0.25) is 5.43 Å². The first-order chi connectivity index (χ1) is 11.2. The van der Waals surface area contributed by atoms with E-state index in [1.165, 1.54) is 30.3 Å². The van der Waals surface area contributed by atoms with Crippen LogP contribution in [0.15, 0.2) is 44.4 Å². The topological polar surface area (TPSA) is 102 Å². The van der Waals surface area contributed by atoms with E-state index >= 15 is 0 Å². The van der Waals surface area contributed by atoms with E-state index in [-0.39, 0.29) is 26.8 Å². The molecular weight excluding hydrogens is 332 g/mol. The highest BCUT2D eigenvalue weighted by Crippen LogP contribution is 2.26. The lowest BCUT2D eigenvalue weighted by Crippen LogP contribution is -2.07. The van der Waals surface area contributed by atoms with Gasteiger partial charge in [0, 0.05) is 6.26 Å². The summed E-state index contributed by atoms with van der Waals surface area (Å²) in [5, 5.41) is 9.31. The monoisotopic (exact) mass is 346 g/mol. The van der Waals surface area contributed by atoms with Crippen LogP contribution in [0.2, 0.25) is 0 Å². The minimum absolute atomic E-state index is 0.0351. The highest BCUT2D eigenvalue weighted by molar-refractivity contribution is 7.90. The van der Waals surface area contributed by atoms with Crippen molar-refractivity contribution in [1.29, 1.82) is 0 Å². The van der Waals surface area contributed by atoms with Gasteiger partial charge < -0.3 is 9.52 Å². The average molecular weight is 346 g/mol. The molecular formula is C17H14O6S. The number of aromatic carboxylic acids is 1. The van der Waals surface area contributed by atoms with Gasteiger partial charge in [-0.2, -0.15) is 0 Å². The molecule has 3 aromatic rings. The molecule has 0 saturated heterocycles. The molecule has 6 nitrogen and oxygen atoms in total. The van der Waals surface area contributed by atoms with E-state index < -0.39 is 21.2 Å².